The van der Waals surface area contributed by atoms with E-state index >= 15 is 0 Å². The molecule has 5 nitrogen and oxygen atoms in total. The summed E-state index contributed by atoms with van der Waals surface area (Å²) in [7, 11) is 1.64. The first-order valence-electron chi connectivity index (χ1n) is 10.8. The number of carbonyl (C=O) groups is 1. The van der Waals surface area contributed by atoms with Crippen LogP contribution in [0.1, 0.15) is 62.8 Å². The van der Waals surface area contributed by atoms with Crippen LogP contribution in [0.2, 0.25) is 0 Å². The number of rotatable bonds is 5. The summed E-state index contributed by atoms with van der Waals surface area (Å²) >= 11 is 0. The van der Waals surface area contributed by atoms with Crippen LogP contribution < -0.4 is 19.5 Å². The Morgan fingerprint density at radius 1 is 1.20 bits per heavy atom. The topological polar surface area (TPSA) is 56.8 Å². The van der Waals surface area contributed by atoms with Crippen LogP contribution in [0.3, 0.4) is 0 Å². The number of carbonyl (C=O) groups excluding carboxylic acids is 1. The van der Waals surface area contributed by atoms with Gasteiger partial charge in [-0.25, -0.2) is 0 Å². The number of hydrogen-bond acceptors (Lipinski definition) is 4. The summed E-state index contributed by atoms with van der Waals surface area (Å²) in [6.07, 6.45) is 4.60. The smallest absolute Gasteiger partial charge is 0.261 e. The molecule has 1 aliphatic heterocycles. The lowest BCUT2D eigenvalue weighted by Gasteiger charge is -2.38. The van der Waals surface area contributed by atoms with E-state index in [2.05, 4.69) is 11.4 Å². The third kappa shape index (κ3) is 4.25. The second kappa shape index (κ2) is 8.21. The lowest BCUT2D eigenvalue weighted by atomic mass is 9.89. The van der Waals surface area contributed by atoms with Gasteiger partial charge in [-0.05, 0) is 75.8 Å². The average molecular weight is 410 g/mol. The molecule has 2 aromatic carbocycles. The predicted octanol–water partition coefficient (Wildman–Crippen LogP) is 4.76. The number of hydrogen-bond donors (Lipinski definition) is 1. The molecule has 5 heteroatoms. The number of methoxy groups -OCH3 is 1. The Hall–Kier alpha value is -2.69. The molecule has 160 valence electrons. The highest BCUT2D eigenvalue weighted by Crippen LogP contribution is 2.41. The molecule has 2 aromatic rings. The van der Waals surface area contributed by atoms with E-state index < -0.39 is 6.10 Å². The first kappa shape index (κ1) is 20.6. The van der Waals surface area contributed by atoms with Gasteiger partial charge in [0, 0.05) is 18.1 Å². The van der Waals surface area contributed by atoms with Crippen LogP contribution in [-0.4, -0.2) is 24.7 Å². The minimum atomic E-state index is -0.578. The van der Waals surface area contributed by atoms with Crippen molar-refractivity contribution in [2.24, 2.45) is 0 Å². The zero-order valence-corrected chi connectivity index (χ0v) is 18.3. The fourth-order valence-electron chi connectivity index (χ4n) is 4.48. The molecular formula is C25H31NO4. The van der Waals surface area contributed by atoms with Gasteiger partial charge in [0.15, 0.2) is 6.10 Å². The molecule has 1 heterocycles. The van der Waals surface area contributed by atoms with E-state index in [1.807, 2.05) is 51.1 Å². The number of nitrogens with one attached hydrogen (secondary N) is 1. The Morgan fingerprint density at radius 3 is 2.80 bits per heavy atom. The monoisotopic (exact) mass is 409 g/mol. The molecule has 4 rings (SSSR count). The number of fused-ring (bicyclic) bond motifs is 2. The molecule has 0 spiro atoms. The number of ether oxygens (including phenoxy) is 3. The molecule has 0 saturated heterocycles. The first-order chi connectivity index (χ1) is 14.4. The van der Waals surface area contributed by atoms with Crippen molar-refractivity contribution in [3.63, 3.8) is 0 Å². The molecule has 1 N–H and O–H groups in total. The molecule has 0 bridgehead atoms. The van der Waals surface area contributed by atoms with E-state index in [1.165, 1.54) is 24.0 Å². The zero-order valence-electron chi connectivity index (χ0n) is 18.3. The summed E-state index contributed by atoms with van der Waals surface area (Å²) in [5, 5.41) is 3.18. The van der Waals surface area contributed by atoms with Gasteiger partial charge in [0.2, 0.25) is 0 Å². The van der Waals surface area contributed by atoms with Gasteiger partial charge in [-0.1, -0.05) is 12.1 Å². The van der Waals surface area contributed by atoms with Crippen molar-refractivity contribution in [3.8, 4) is 17.2 Å². The maximum atomic E-state index is 13.0. The van der Waals surface area contributed by atoms with Gasteiger partial charge in [0.05, 0.1) is 13.2 Å². The van der Waals surface area contributed by atoms with Gasteiger partial charge in [0.1, 0.15) is 22.8 Å². The quantitative estimate of drug-likeness (QED) is 0.774. The highest BCUT2D eigenvalue weighted by Gasteiger charge is 2.35. The van der Waals surface area contributed by atoms with Crippen molar-refractivity contribution in [2.75, 3.05) is 7.11 Å². The fourth-order valence-corrected chi connectivity index (χ4v) is 4.48. The molecule has 0 radical (unpaired) electrons. The Labute approximate surface area is 178 Å². The first-order valence-corrected chi connectivity index (χ1v) is 10.8. The summed E-state index contributed by atoms with van der Waals surface area (Å²) in [6.45, 7) is 5.88. The van der Waals surface area contributed by atoms with Gasteiger partial charge in [-0.2, -0.15) is 0 Å². The lowest BCUT2D eigenvalue weighted by Crippen LogP contribution is -2.44. The van der Waals surface area contributed by atoms with Crippen LogP contribution in [0.4, 0.5) is 0 Å². The number of amides is 1. The van der Waals surface area contributed by atoms with Gasteiger partial charge >= 0.3 is 0 Å². The molecule has 0 unspecified atom stereocenters. The van der Waals surface area contributed by atoms with Crippen LogP contribution in [0.25, 0.3) is 0 Å². The largest absolute Gasteiger partial charge is 0.497 e. The molecule has 0 saturated carbocycles. The summed E-state index contributed by atoms with van der Waals surface area (Å²) < 4.78 is 17.6. The fraction of sp³-hybridized carbons (Fsp3) is 0.480. The maximum absolute atomic E-state index is 13.0. The van der Waals surface area contributed by atoms with Gasteiger partial charge in [-0.3, -0.25) is 4.79 Å². The van der Waals surface area contributed by atoms with E-state index in [0.29, 0.717) is 6.42 Å². The Kier molecular flexibility index (Phi) is 5.63. The third-order valence-corrected chi connectivity index (χ3v) is 6.02. The zero-order chi connectivity index (χ0) is 21.3. The molecule has 1 amide bonds. The van der Waals surface area contributed by atoms with Crippen LogP contribution in [-0.2, 0) is 17.6 Å². The number of aryl methyl sites for hydroxylation is 1. The minimum Gasteiger partial charge on any atom is -0.497 e. The molecule has 2 atom stereocenters. The Balaban J connectivity index is 1.50. The molecule has 0 fully saturated rings. The summed E-state index contributed by atoms with van der Waals surface area (Å²) in [4.78, 5) is 13.0. The van der Waals surface area contributed by atoms with Crippen molar-refractivity contribution < 1.29 is 19.0 Å². The van der Waals surface area contributed by atoms with E-state index in [4.69, 9.17) is 14.2 Å². The number of benzene rings is 2. The van der Waals surface area contributed by atoms with Crippen LogP contribution in [0, 0.1) is 0 Å². The predicted molar refractivity (Wildman–Crippen MR) is 116 cm³/mol. The van der Waals surface area contributed by atoms with E-state index in [-0.39, 0.29) is 17.6 Å². The van der Waals surface area contributed by atoms with Crippen molar-refractivity contribution >= 4 is 5.91 Å². The summed E-state index contributed by atoms with van der Waals surface area (Å²) in [6, 6.07) is 11.8. The van der Waals surface area contributed by atoms with Gasteiger partial charge in [-0.15, -0.1) is 0 Å². The highest BCUT2D eigenvalue weighted by atomic mass is 16.5. The molecule has 2 aliphatic rings. The average Bonchev–Trinajstić information content (AvgIpc) is 2.72. The molecule has 1 aliphatic carbocycles. The van der Waals surface area contributed by atoms with Crippen LogP contribution in [0.15, 0.2) is 36.4 Å². The van der Waals surface area contributed by atoms with Gasteiger partial charge in [0.25, 0.3) is 5.91 Å². The van der Waals surface area contributed by atoms with Gasteiger partial charge < -0.3 is 19.5 Å². The van der Waals surface area contributed by atoms with E-state index in [9.17, 15) is 4.79 Å². The second-order valence-corrected chi connectivity index (χ2v) is 8.89. The summed E-state index contributed by atoms with van der Waals surface area (Å²) in [5.74, 6) is 2.21. The molecular weight excluding hydrogens is 378 g/mol. The maximum Gasteiger partial charge on any atom is 0.261 e. The second-order valence-electron chi connectivity index (χ2n) is 8.89. The summed E-state index contributed by atoms with van der Waals surface area (Å²) in [5.41, 5.74) is 3.18. The Morgan fingerprint density at radius 2 is 2.00 bits per heavy atom. The molecule has 30 heavy (non-hydrogen) atoms. The Bertz CT molecular complexity index is 937. The SMILES string of the molecule is COc1ccc2c(c1)OC(C)(C)C[C@@H]2NC(=O)[C@@H](C)Oc1cccc2c1CCCC2. The van der Waals surface area contributed by atoms with Crippen molar-refractivity contribution in [1.82, 2.24) is 5.32 Å². The van der Waals surface area contributed by atoms with E-state index in [1.54, 1.807) is 7.11 Å². The van der Waals surface area contributed by atoms with Crippen LogP contribution in [0.5, 0.6) is 17.2 Å². The minimum absolute atomic E-state index is 0.118. The lowest BCUT2D eigenvalue weighted by molar-refractivity contribution is -0.128. The van der Waals surface area contributed by atoms with Crippen LogP contribution >= 0.6 is 0 Å². The molecule has 0 aromatic heterocycles. The normalized spacial score (nSPS) is 20.2. The standard InChI is InChI=1S/C25H31NO4/c1-16(29-22-11-7-9-17-8-5-6-10-19(17)22)24(27)26-21-15-25(2,3)30-23-14-18(28-4)12-13-20(21)23/h7,9,11-14,16,21H,5-6,8,10,15H2,1-4H3,(H,26,27)/t16-,21+/m1/s1. The third-order valence-electron chi connectivity index (χ3n) is 6.02. The van der Waals surface area contributed by atoms with E-state index in [0.717, 1.165) is 35.7 Å². The highest BCUT2D eigenvalue weighted by molar-refractivity contribution is 5.81. The van der Waals surface area contributed by atoms with Crippen molar-refractivity contribution in [1.29, 1.82) is 0 Å². The van der Waals surface area contributed by atoms with Crippen molar-refractivity contribution in [3.05, 3.63) is 53.1 Å². The van der Waals surface area contributed by atoms with Crippen molar-refractivity contribution in [2.45, 2.75) is 70.6 Å².